The maximum Gasteiger partial charge on any atom is 0.335 e. The molecule has 0 aliphatic heterocycles. The number of benzene rings is 2. The molecule has 156 valence electrons. The van der Waals surface area contributed by atoms with Gasteiger partial charge in [-0.25, -0.2) is 15.3 Å². The monoisotopic (exact) mass is 405 g/mol. The number of nitrogens with two attached hydrogens (primary N) is 1. The molecule has 3 aromatic rings. The van der Waals surface area contributed by atoms with Gasteiger partial charge in [-0.1, -0.05) is 12.1 Å². The molecule has 0 atom stereocenters. The minimum atomic E-state index is -0.382. The highest BCUT2D eigenvalue weighted by Gasteiger charge is 2.25. The van der Waals surface area contributed by atoms with E-state index in [-0.39, 0.29) is 6.03 Å². The minimum Gasteiger partial charge on any atom is -0.489 e. The van der Waals surface area contributed by atoms with Gasteiger partial charge < -0.3 is 10.1 Å². The smallest absolute Gasteiger partial charge is 0.335 e. The molecular weight excluding hydrogens is 378 g/mol. The van der Waals surface area contributed by atoms with Crippen LogP contribution < -0.4 is 15.9 Å². The van der Waals surface area contributed by atoms with Gasteiger partial charge in [0.1, 0.15) is 12.4 Å². The fourth-order valence-electron chi connectivity index (χ4n) is 3.38. The zero-order valence-corrected chi connectivity index (χ0v) is 17.6. The molecule has 7 nitrogen and oxygen atoms in total. The second-order valence-corrected chi connectivity index (χ2v) is 7.84. The van der Waals surface area contributed by atoms with E-state index >= 15 is 0 Å². The summed E-state index contributed by atoms with van der Waals surface area (Å²) < 4.78 is 8.02. The fourth-order valence-corrected chi connectivity index (χ4v) is 3.38. The number of hydrogen-bond acceptors (Lipinski definition) is 4. The Bertz CT molecular complexity index is 1070. The summed E-state index contributed by atoms with van der Waals surface area (Å²) in [5.74, 6) is 6.96. The molecule has 1 saturated carbocycles. The van der Waals surface area contributed by atoms with Crippen LogP contribution in [0.15, 0.2) is 48.7 Å². The largest absolute Gasteiger partial charge is 0.489 e. The second-order valence-electron chi connectivity index (χ2n) is 7.84. The molecule has 0 spiro atoms. The van der Waals surface area contributed by atoms with Gasteiger partial charge in [0.2, 0.25) is 0 Å². The highest BCUT2D eigenvalue weighted by molar-refractivity contribution is 5.89. The lowest BCUT2D eigenvalue weighted by Gasteiger charge is -2.17. The standard InChI is InChI=1S/C23H27N5O2/c1-15-5-4-6-21(25-23(29)27(3)24)19(15)14-30-22-10-9-18(13-16(22)2)28-12-11-20(26-28)17-7-8-17/h4-6,9-13,17H,7-8,14,24H2,1-3H3,(H,25,29). The summed E-state index contributed by atoms with van der Waals surface area (Å²) in [6, 6.07) is 13.5. The SMILES string of the molecule is Cc1cc(-n2ccc(C3CC3)n2)ccc1OCc1c(C)cccc1NC(=O)N(C)N. The summed E-state index contributed by atoms with van der Waals surface area (Å²) in [6.07, 6.45) is 4.50. The third-order valence-electron chi connectivity index (χ3n) is 5.37. The Hall–Kier alpha value is -3.32. The molecule has 0 bridgehead atoms. The number of urea groups is 1. The molecule has 1 heterocycles. The van der Waals surface area contributed by atoms with E-state index < -0.39 is 0 Å². The highest BCUT2D eigenvalue weighted by atomic mass is 16.5. The topological polar surface area (TPSA) is 85.4 Å². The lowest BCUT2D eigenvalue weighted by molar-refractivity contribution is 0.223. The van der Waals surface area contributed by atoms with Crippen molar-refractivity contribution in [3.05, 3.63) is 71.0 Å². The first-order valence-electron chi connectivity index (χ1n) is 10.1. The Kier molecular flexibility index (Phi) is 5.46. The van der Waals surface area contributed by atoms with Crippen molar-refractivity contribution in [3.63, 3.8) is 0 Å². The van der Waals surface area contributed by atoms with Gasteiger partial charge in [0.15, 0.2) is 0 Å². The second kappa shape index (κ2) is 8.20. The summed E-state index contributed by atoms with van der Waals surface area (Å²) in [6.45, 7) is 4.35. The predicted molar refractivity (Wildman–Crippen MR) is 117 cm³/mol. The van der Waals surface area contributed by atoms with E-state index in [0.717, 1.165) is 33.1 Å². The van der Waals surface area contributed by atoms with Crippen molar-refractivity contribution >= 4 is 11.7 Å². The molecule has 1 aliphatic carbocycles. The molecule has 30 heavy (non-hydrogen) atoms. The van der Waals surface area contributed by atoms with Crippen LogP contribution in [-0.2, 0) is 6.61 Å². The summed E-state index contributed by atoms with van der Waals surface area (Å²) in [5, 5.41) is 8.53. The van der Waals surface area contributed by atoms with Gasteiger partial charge in [0.05, 0.1) is 11.4 Å². The summed E-state index contributed by atoms with van der Waals surface area (Å²) in [7, 11) is 1.50. The lowest BCUT2D eigenvalue weighted by atomic mass is 10.1. The summed E-state index contributed by atoms with van der Waals surface area (Å²) in [4.78, 5) is 12.0. The number of nitrogens with one attached hydrogen (secondary N) is 1. The van der Waals surface area contributed by atoms with Crippen molar-refractivity contribution in [2.24, 2.45) is 5.84 Å². The molecule has 2 aromatic carbocycles. The fraction of sp³-hybridized carbons (Fsp3) is 0.304. The van der Waals surface area contributed by atoms with Gasteiger partial charge in [-0.05, 0) is 68.1 Å². The Balaban J connectivity index is 1.49. The van der Waals surface area contributed by atoms with E-state index in [1.54, 1.807) is 0 Å². The number of nitrogens with zero attached hydrogens (tertiary/aromatic N) is 3. The van der Waals surface area contributed by atoms with Crippen molar-refractivity contribution in [1.29, 1.82) is 0 Å². The normalized spacial score (nSPS) is 13.2. The average Bonchev–Trinajstić information content (AvgIpc) is 3.45. The molecule has 7 heteroatoms. The zero-order valence-electron chi connectivity index (χ0n) is 17.6. The number of amides is 2. The maximum absolute atomic E-state index is 12.0. The van der Waals surface area contributed by atoms with Crippen LogP contribution in [0.25, 0.3) is 5.69 Å². The van der Waals surface area contributed by atoms with Gasteiger partial charge in [-0.3, -0.25) is 5.01 Å². The Morgan fingerprint density at radius 1 is 1.23 bits per heavy atom. The van der Waals surface area contributed by atoms with Crippen molar-refractivity contribution < 1.29 is 9.53 Å². The number of aromatic nitrogens is 2. The molecule has 1 aromatic heterocycles. The molecule has 1 aliphatic rings. The minimum absolute atomic E-state index is 0.338. The Morgan fingerprint density at radius 2 is 2.03 bits per heavy atom. The van der Waals surface area contributed by atoms with Crippen LogP contribution in [0.1, 0.15) is 41.1 Å². The molecule has 2 amide bonds. The number of carbonyl (C=O) groups is 1. The van der Waals surface area contributed by atoms with Gasteiger partial charge in [0, 0.05) is 30.4 Å². The first kappa shape index (κ1) is 20.0. The lowest BCUT2D eigenvalue weighted by Crippen LogP contribution is -2.37. The molecule has 4 rings (SSSR count). The van der Waals surface area contributed by atoms with Gasteiger partial charge in [-0.15, -0.1) is 0 Å². The van der Waals surface area contributed by atoms with Crippen molar-refractivity contribution in [2.45, 2.75) is 39.2 Å². The van der Waals surface area contributed by atoms with E-state index in [1.165, 1.54) is 25.6 Å². The first-order valence-corrected chi connectivity index (χ1v) is 10.1. The van der Waals surface area contributed by atoms with Gasteiger partial charge in [0.25, 0.3) is 0 Å². The number of hydrogen-bond donors (Lipinski definition) is 2. The highest BCUT2D eigenvalue weighted by Crippen LogP contribution is 2.39. The van der Waals surface area contributed by atoms with E-state index in [9.17, 15) is 4.79 Å². The van der Waals surface area contributed by atoms with E-state index in [4.69, 9.17) is 15.7 Å². The molecule has 0 radical (unpaired) electrons. The number of aryl methyl sites for hydroxylation is 2. The van der Waals surface area contributed by atoms with E-state index in [2.05, 4.69) is 17.4 Å². The third-order valence-corrected chi connectivity index (χ3v) is 5.37. The van der Waals surface area contributed by atoms with Crippen LogP contribution in [0, 0.1) is 13.8 Å². The molecule has 0 saturated heterocycles. The van der Waals surface area contributed by atoms with E-state index in [1.807, 2.05) is 55.1 Å². The van der Waals surface area contributed by atoms with Crippen molar-refractivity contribution in [3.8, 4) is 11.4 Å². The predicted octanol–water partition coefficient (Wildman–Crippen LogP) is 4.28. The first-order chi connectivity index (χ1) is 14.4. The number of anilines is 1. The Labute approximate surface area is 176 Å². The van der Waals surface area contributed by atoms with Crippen LogP contribution in [0.2, 0.25) is 0 Å². The van der Waals surface area contributed by atoms with Gasteiger partial charge >= 0.3 is 6.03 Å². The van der Waals surface area contributed by atoms with Crippen molar-refractivity contribution in [1.82, 2.24) is 14.8 Å². The Morgan fingerprint density at radius 3 is 2.73 bits per heavy atom. The van der Waals surface area contributed by atoms with Crippen LogP contribution in [-0.4, -0.2) is 27.9 Å². The number of carbonyl (C=O) groups excluding carboxylic acids is 1. The maximum atomic E-state index is 12.0. The van der Waals surface area contributed by atoms with Crippen molar-refractivity contribution in [2.75, 3.05) is 12.4 Å². The number of hydrazine groups is 1. The zero-order chi connectivity index (χ0) is 21.3. The number of ether oxygens (including phenoxy) is 1. The third kappa shape index (κ3) is 4.31. The van der Waals surface area contributed by atoms with Crippen LogP contribution in [0.4, 0.5) is 10.5 Å². The van der Waals surface area contributed by atoms with Gasteiger partial charge in [-0.2, -0.15) is 5.10 Å². The quantitative estimate of drug-likeness (QED) is 0.364. The van der Waals surface area contributed by atoms with E-state index in [0.29, 0.717) is 18.2 Å². The summed E-state index contributed by atoms with van der Waals surface area (Å²) >= 11 is 0. The molecule has 3 N–H and O–H groups in total. The number of rotatable bonds is 6. The molecule has 0 unspecified atom stereocenters. The van der Waals surface area contributed by atoms with Crippen LogP contribution in [0.3, 0.4) is 0 Å². The average molecular weight is 406 g/mol. The molecule has 1 fully saturated rings. The van der Waals surface area contributed by atoms with Crippen LogP contribution in [0.5, 0.6) is 5.75 Å². The molecular formula is C23H27N5O2. The van der Waals surface area contributed by atoms with Crippen LogP contribution >= 0.6 is 0 Å². The summed E-state index contributed by atoms with van der Waals surface area (Å²) in [5.41, 5.74) is 5.85.